The van der Waals surface area contributed by atoms with Crippen molar-refractivity contribution in [1.29, 1.82) is 0 Å². The standard InChI is InChI=1S/C17H27NO4/c1-11(2)14(9-19)18-8-15(20)12-5-6-16-13(7-12)10-21-17(3,4)22-16/h5-7,11,14-15,18-20H,8-10H2,1-4H3. The van der Waals surface area contributed by atoms with Crippen LogP contribution in [0.1, 0.15) is 44.9 Å². The maximum Gasteiger partial charge on any atom is 0.205 e. The first kappa shape index (κ1) is 17.2. The van der Waals surface area contributed by atoms with Crippen molar-refractivity contribution in [3.8, 4) is 5.75 Å². The number of hydrogen-bond donors (Lipinski definition) is 3. The Kier molecular flexibility index (Phi) is 5.45. The molecule has 5 nitrogen and oxygen atoms in total. The van der Waals surface area contributed by atoms with Crippen LogP contribution >= 0.6 is 0 Å². The lowest BCUT2D eigenvalue weighted by molar-refractivity contribution is -0.180. The van der Waals surface area contributed by atoms with Crippen LogP contribution in [0.25, 0.3) is 0 Å². The molecule has 1 aromatic carbocycles. The van der Waals surface area contributed by atoms with Crippen LogP contribution in [-0.2, 0) is 11.3 Å². The van der Waals surface area contributed by atoms with Crippen LogP contribution in [0.15, 0.2) is 18.2 Å². The molecule has 1 heterocycles. The van der Waals surface area contributed by atoms with Crippen LogP contribution in [0.5, 0.6) is 5.75 Å². The van der Waals surface area contributed by atoms with E-state index in [9.17, 15) is 10.2 Å². The molecule has 0 spiro atoms. The molecule has 5 heteroatoms. The Labute approximate surface area is 132 Å². The maximum absolute atomic E-state index is 10.3. The van der Waals surface area contributed by atoms with Crippen LogP contribution in [-0.4, -0.2) is 35.2 Å². The quantitative estimate of drug-likeness (QED) is 0.749. The molecule has 2 unspecified atom stereocenters. The minimum Gasteiger partial charge on any atom is -0.463 e. The molecule has 0 bridgehead atoms. The molecule has 124 valence electrons. The average Bonchev–Trinajstić information content (AvgIpc) is 2.46. The fourth-order valence-corrected chi connectivity index (χ4v) is 2.46. The van der Waals surface area contributed by atoms with Gasteiger partial charge in [-0.1, -0.05) is 19.9 Å². The summed E-state index contributed by atoms with van der Waals surface area (Å²) in [6.07, 6.45) is -0.631. The van der Waals surface area contributed by atoms with E-state index < -0.39 is 11.9 Å². The molecule has 0 saturated heterocycles. The van der Waals surface area contributed by atoms with Gasteiger partial charge in [0, 0.05) is 32.0 Å². The SMILES string of the molecule is CC(C)C(CO)NCC(O)c1ccc2c(c1)COC(C)(C)O2. The van der Waals surface area contributed by atoms with E-state index in [1.165, 1.54) is 0 Å². The zero-order valence-corrected chi connectivity index (χ0v) is 13.8. The predicted octanol–water partition coefficient (Wildman–Crippen LogP) is 1.97. The number of hydrogen-bond acceptors (Lipinski definition) is 5. The predicted molar refractivity (Wildman–Crippen MR) is 84.6 cm³/mol. The number of ether oxygens (including phenoxy) is 2. The normalized spacial score (nSPS) is 19.4. The second-order valence-corrected chi connectivity index (χ2v) is 6.61. The van der Waals surface area contributed by atoms with Crippen molar-refractivity contribution in [1.82, 2.24) is 5.32 Å². The van der Waals surface area contributed by atoms with Crippen molar-refractivity contribution in [2.24, 2.45) is 5.92 Å². The van der Waals surface area contributed by atoms with Crippen molar-refractivity contribution in [3.63, 3.8) is 0 Å². The molecule has 3 N–H and O–H groups in total. The van der Waals surface area contributed by atoms with Gasteiger partial charge in [0.1, 0.15) is 5.75 Å². The number of nitrogens with one attached hydrogen (secondary N) is 1. The second kappa shape index (κ2) is 6.96. The Morgan fingerprint density at radius 1 is 1.32 bits per heavy atom. The summed E-state index contributed by atoms with van der Waals surface area (Å²) in [5.41, 5.74) is 1.76. The van der Waals surface area contributed by atoms with E-state index >= 15 is 0 Å². The van der Waals surface area contributed by atoms with E-state index in [1.54, 1.807) is 0 Å². The summed E-state index contributed by atoms with van der Waals surface area (Å²) < 4.78 is 11.4. The Hall–Kier alpha value is -1.14. The highest BCUT2D eigenvalue weighted by Crippen LogP contribution is 2.32. The van der Waals surface area contributed by atoms with E-state index in [4.69, 9.17) is 9.47 Å². The van der Waals surface area contributed by atoms with Crippen molar-refractivity contribution in [3.05, 3.63) is 29.3 Å². The third-order valence-electron chi connectivity index (χ3n) is 3.98. The largest absolute Gasteiger partial charge is 0.463 e. The van der Waals surface area contributed by atoms with E-state index in [-0.39, 0.29) is 12.6 Å². The van der Waals surface area contributed by atoms with Gasteiger partial charge in [0.25, 0.3) is 0 Å². The highest BCUT2D eigenvalue weighted by molar-refractivity contribution is 5.39. The zero-order valence-electron chi connectivity index (χ0n) is 13.8. The zero-order chi connectivity index (χ0) is 16.3. The molecule has 0 fully saturated rings. The summed E-state index contributed by atoms with van der Waals surface area (Å²) in [5, 5.41) is 22.8. The van der Waals surface area contributed by atoms with Crippen LogP contribution in [0.4, 0.5) is 0 Å². The third kappa shape index (κ3) is 4.20. The first-order chi connectivity index (χ1) is 10.3. The molecular formula is C17H27NO4. The molecule has 0 radical (unpaired) electrons. The molecule has 1 aromatic rings. The Morgan fingerprint density at radius 2 is 2.05 bits per heavy atom. The van der Waals surface area contributed by atoms with E-state index in [2.05, 4.69) is 5.32 Å². The average molecular weight is 309 g/mol. The van der Waals surface area contributed by atoms with Crippen LogP contribution in [0, 0.1) is 5.92 Å². The Morgan fingerprint density at radius 3 is 2.68 bits per heavy atom. The number of aliphatic hydroxyl groups excluding tert-OH is 2. The van der Waals surface area contributed by atoms with Crippen molar-refractivity contribution >= 4 is 0 Å². The first-order valence-electron chi connectivity index (χ1n) is 7.80. The molecule has 0 aromatic heterocycles. The number of rotatable bonds is 6. The summed E-state index contributed by atoms with van der Waals surface area (Å²) in [6, 6.07) is 5.65. The summed E-state index contributed by atoms with van der Waals surface area (Å²) >= 11 is 0. The smallest absolute Gasteiger partial charge is 0.205 e. The monoisotopic (exact) mass is 309 g/mol. The fourth-order valence-electron chi connectivity index (χ4n) is 2.46. The van der Waals surface area contributed by atoms with Crippen molar-refractivity contribution < 1.29 is 19.7 Å². The molecular weight excluding hydrogens is 282 g/mol. The van der Waals surface area contributed by atoms with E-state index in [1.807, 2.05) is 45.9 Å². The molecule has 2 rings (SSSR count). The topological polar surface area (TPSA) is 71.0 Å². The fraction of sp³-hybridized carbons (Fsp3) is 0.647. The summed E-state index contributed by atoms with van der Waals surface area (Å²) in [7, 11) is 0. The van der Waals surface area contributed by atoms with Gasteiger partial charge < -0.3 is 25.0 Å². The van der Waals surface area contributed by atoms with Crippen LogP contribution < -0.4 is 10.1 Å². The number of benzene rings is 1. The van der Waals surface area contributed by atoms with Gasteiger partial charge in [-0.15, -0.1) is 0 Å². The lowest BCUT2D eigenvalue weighted by atomic mass is 10.0. The minimum atomic E-state index is -0.631. The van der Waals surface area contributed by atoms with E-state index in [0.29, 0.717) is 19.1 Å². The van der Waals surface area contributed by atoms with Gasteiger partial charge in [0.05, 0.1) is 19.3 Å². The van der Waals surface area contributed by atoms with Gasteiger partial charge in [0.15, 0.2) is 0 Å². The highest BCUT2D eigenvalue weighted by Gasteiger charge is 2.27. The first-order valence-corrected chi connectivity index (χ1v) is 7.80. The van der Waals surface area contributed by atoms with Gasteiger partial charge in [-0.2, -0.15) is 0 Å². The van der Waals surface area contributed by atoms with Crippen molar-refractivity contribution in [2.45, 2.75) is 52.2 Å². The molecule has 22 heavy (non-hydrogen) atoms. The molecule has 0 amide bonds. The molecule has 1 aliphatic heterocycles. The van der Waals surface area contributed by atoms with Crippen molar-refractivity contribution in [2.75, 3.05) is 13.2 Å². The summed E-state index contributed by atoms with van der Waals surface area (Å²) in [4.78, 5) is 0. The summed E-state index contributed by atoms with van der Waals surface area (Å²) in [5.74, 6) is 0.501. The van der Waals surface area contributed by atoms with Crippen LogP contribution in [0.2, 0.25) is 0 Å². The number of fused-ring (bicyclic) bond motifs is 1. The van der Waals surface area contributed by atoms with Gasteiger partial charge in [0.2, 0.25) is 5.79 Å². The Balaban J connectivity index is 2.01. The molecule has 0 aliphatic carbocycles. The van der Waals surface area contributed by atoms with Gasteiger partial charge in [-0.05, 0) is 23.6 Å². The second-order valence-electron chi connectivity index (χ2n) is 6.61. The van der Waals surface area contributed by atoms with E-state index in [0.717, 1.165) is 16.9 Å². The molecule has 0 saturated carbocycles. The highest BCUT2D eigenvalue weighted by atomic mass is 16.7. The molecule has 2 atom stereocenters. The number of aliphatic hydroxyl groups is 2. The Bertz CT molecular complexity index is 501. The van der Waals surface area contributed by atoms with Gasteiger partial charge >= 0.3 is 0 Å². The van der Waals surface area contributed by atoms with Crippen LogP contribution in [0.3, 0.4) is 0 Å². The molecule has 1 aliphatic rings. The lowest BCUT2D eigenvalue weighted by Crippen LogP contribution is -2.39. The summed E-state index contributed by atoms with van der Waals surface area (Å²) in [6.45, 7) is 8.76. The van der Waals surface area contributed by atoms with Gasteiger partial charge in [-0.25, -0.2) is 0 Å². The lowest BCUT2D eigenvalue weighted by Gasteiger charge is -2.33. The maximum atomic E-state index is 10.3. The van der Waals surface area contributed by atoms with Gasteiger partial charge in [-0.3, -0.25) is 0 Å². The minimum absolute atomic E-state index is 0.0141. The third-order valence-corrected chi connectivity index (χ3v) is 3.98.